The monoisotopic (exact) mass is 603 g/mol. The van der Waals surface area contributed by atoms with Gasteiger partial charge in [0.05, 0.1) is 28.9 Å². The van der Waals surface area contributed by atoms with Gasteiger partial charge in [0.25, 0.3) is 0 Å². The van der Waals surface area contributed by atoms with Crippen LogP contribution in [0.15, 0.2) is 29.6 Å². The molecule has 0 amide bonds. The smallest absolute Gasteiger partial charge is 0.229 e. The Labute approximate surface area is 248 Å². The largest absolute Gasteiger partial charge is 0.489 e. The van der Waals surface area contributed by atoms with Crippen LogP contribution in [0.4, 0.5) is 23.1 Å². The minimum absolute atomic E-state index is 0.0279. The Kier molecular flexibility index (Phi) is 9.50. The molecule has 0 spiro atoms. The summed E-state index contributed by atoms with van der Waals surface area (Å²) in [6.07, 6.45) is 5.35. The molecule has 2 aromatic heterocycles. The van der Waals surface area contributed by atoms with Crippen LogP contribution in [-0.2, 0) is 16.9 Å². The van der Waals surface area contributed by atoms with E-state index in [-0.39, 0.29) is 22.0 Å². The first-order chi connectivity index (χ1) is 19.3. The van der Waals surface area contributed by atoms with Crippen LogP contribution in [0.1, 0.15) is 71.4 Å². The van der Waals surface area contributed by atoms with Crippen molar-refractivity contribution in [2.75, 3.05) is 23.7 Å². The first kappa shape index (κ1) is 31.1. The van der Waals surface area contributed by atoms with Gasteiger partial charge in [-0.25, -0.2) is 13.4 Å². The van der Waals surface area contributed by atoms with Gasteiger partial charge in [-0.3, -0.25) is 4.68 Å². The highest BCUT2D eigenvalue weighted by atomic mass is 35.5. The minimum Gasteiger partial charge on any atom is -0.489 e. The Balaban J connectivity index is 1.65. The third-order valence-corrected chi connectivity index (χ3v) is 9.64. The molecular formula is C29H42ClN7O3S. The van der Waals surface area contributed by atoms with Crippen molar-refractivity contribution < 1.29 is 13.2 Å². The molecule has 0 radical (unpaired) electrons. The number of nitrogens with one attached hydrogen (secondary N) is 2. The number of sulfone groups is 1. The van der Waals surface area contributed by atoms with Crippen molar-refractivity contribution in [3.8, 4) is 5.75 Å². The number of nitrogens with zero attached hydrogens (tertiary/aromatic N) is 5. The molecule has 1 unspecified atom stereocenters. The number of ether oxygens (including phenoxy) is 1. The maximum Gasteiger partial charge on any atom is 0.229 e. The van der Waals surface area contributed by atoms with Gasteiger partial charge in [0.2, 0.25) is 20.8 Å². The number of piperidine rings is 1. The average molecular weight is 604 g/mol. The van der Waals surface area contributed by atoms with Gasteiger partial charge in [0, 0.05) is 25.8 Å². The molecule has 1 aromatic carbocycles. The molecule has 2 N–H and O–H groups in total. The fraction of sp³-hybridized carbons (Fsp3) is 0.552. The number of rotatable bonds is 10. The van der Waals surface area contributed by atoms with E-state index < -0.39 is 15.1 Å². The zero-order valence-electron chi connectivity index (χ0n) is 25.2. The topological polar surface area (TPSA) is 114 Å². The molecule has 1 atom stereocenters. The van der Waals surface area contributed by atoms with Crippen LogP contribution in [0, 0.1) is 6.92 Å². The standard InChI is InChI=1S/C29H42ClN7O3S/c1-17(2)37-11-9-10-21(15-37)22-13-26(40-18(3)4)24(12-20(22)7)33-29-31-14-23(30)27(34-29)32-25-16-36(8)35-28(25)41(38,39)19(5)6/h12-14,16-19,21H,9-11,15H2,1-8H3,(H2,31,32,33,34). The van der Waals surface area contributed by atoms with Crippen molar-refractivity contribution in [3.05, 3.63) is 40.7 Å². The van der Waals surface area contributed by atoms with Gasteiger partial charge in [0.15, 0.2) is 5.82 Å². The van der Waals surface area contributed by atoms with Crippen molar-refractivity contribution >= 4 is 44.6 Å². The van der Waals surface area contributed by atoms with Crippen LogP contribution in [0.3, 0.4) is 0 Å². The van der Waals surface area contributed by atoms with Gasteiger partial charge in [0.1, 0.15) is 10.8 Å². The lowest BCUT2D eigenvalue weighted by Crippen LogP contribution is -2.39. The summed E-state index contributed by atoms with van der Waals surface area (Å²) in [6.45, 7) is 16.0. The van der Waals surface area contributed by atoms with E-state index in [2.05, 4.69) is 63.5 Å². The van der Waals surface area contributed by atoms with Crippen LogP contribution in [0.2, 0.25) is 5.02 Å². The molecule has 0 saturated carbocycles. The number of hydrogen-bond donors (Lipinski definition) is 2. The molecule has 1 aliphatic rings. The molecule has 0 aliphatic carbocycles. The molecule has 10 nitrogen and oxygen atoms in total. The molecule has 12 heteroatoms. The molecule has 1 aliphatic heterocycles. The Morgan fingerprint density at radius 2 is 1.83 bits per heavy atom. The Hall–Kier alpha value is -2.89. The summed E-state index contributed by atoms with van der Waals surface area (Å²) in [5.41, 5.74) is 3.51. The highest BCUT2D eigenvalue weighted by molar-refractivity contribution is 7.92. The molecule has 41 heavy (non-hydrogen) atoms. The van der Waals surface area contributed by atoms with Crippen LogP contribution >= 0.6 is 11.6 Å². The average Bonchev–Trinajstić information content (AvgIpc) is 3.27. The number of benzene rings is 1. The zero-order valence-corrected chi connectivity index (χ0v) is 26.8. The molecule has 3 aromatic rings. The highest BCUT2D eigenvalue weighted by Crippen LogP contribution is 2.38. The second-order valence-electron chi connectivity index (χ2n) is 11.6. The number of likely N-dealkylation sites (tertiary alicyclic amines) is 1. The number of halogens is 1. The van der Waals surface area contributed by atoms with Crippen molar-refractivity contribution in [1.82, 2.24) is 24.6 Å². The lowest BCUT2D eigenvalue weighted by Gasteiger charge is -2.36. The Morgan fingerprint density at radius 1 is 1.10 bits per heavy atom. The second kappa shape index (κ2) is 12.5. The molecule has 3 heterocycles. The number of hydrogen-bond acceptors (Lipinski definition) is 9. The fourth-order valence-corrected chi connectivity index (χ4v) is 6.31. The van der Waals surface area contributed by atoms with Crippen molar-refractivity contribution in [2.24, 2.45) is 7.05 Å². The van der Waals surface area contributed by atoms with E-state index in [1.165, 1.54) is 28.4 Å². The summed E-state index contributed by atoms with van der Waals surface area (Å²) in [5, 5.41) is 10.1. The van der Waals surface area contributed by atoms with E-state index in [0.29, 0.717) is 23.6 Å². The third kappa shape index (κ3) is 7.13. The van der Waals surface area contributed by atoms with Gasteiger partial charge in [-0.2, -0.15) is 10.1 Å². The third-order valence-electron chi connectivity index (χ3n) is 7.28. The van der Waals surface area contributed by atoms with E-state index in [1.54, 1.807) is 27.1 Å². The van der Waals surface area contributed by atoms with Crippen molar-refractivity contribution in [3.63, 3.8) is 0 Å². The van der Waals surface area contributed by atoms with Crippen LogP contribution in [-0.4, -0.2) is 63.6 Å². The van der Waals surface area contributed by atoms with Gasteiger partial charge < -0.3 is 20.3 Å². The van der Waals surface area contributed by atoms with E-state index in [9.17, 15) is 8.42 Å². The zero-order chi connectivity index (χ0) is 30.1. The van der Waals surface area contributed by atoms with E-state index in [1.807, 2.05) is 13.8 Å². The number of aromatic nitrogens is 4. The summed E-state index contributed by atoms with van der Waals surface area (Å²) in [6, 6.07) is 4.75. The molecule has 0 bridgehead atoms. The summed E-state index contributed by atoms with van der Waals surface area (Å²) in [5.74, 6) is 1.72. The van der Waals surface area contributed by atoms with Crippen LogP contribution in [0.5, 0.6) is 5.75 Å². The van der Waals surface area contributed by atoms with Gasteiger partial charge >= 0.3 is 0 Å². The van der Waals surface area contributed by atoms with Gasteiger partial charge in [-0.1, -0.05) is 11.6 Å². The SMILES string of the molecule is Cc1cc(Nc2ncc(Cl)c(Nc3cn(C)nc3S(=O)(=O)C(C)C)n2)c(OC(C)C)cc1C1CCCN(C(C)C)C1. The first-order valence-electron chi connectivity index (χ1n) is 14.2. The first-order valence-corrected chi connectivity index (χ1v) is 16.1. The number of anilines is 4. The summed E-state index contributed by atoms with van der Waals surface area (Å²) in [7, 11) is -1.98. The maximum absolute atomic E-state index is 12.9. The summed E-state index contributed by atoms with van der Waals surface area (Å²) in [4.78, 5) is 11.5. The summed E-state index contributed by atoms with van der Waals surface area (Å²) >= 11 is 6.43. The van der Waals surface area contributed by atoms with E-state index in [4.69, 9.17) is 16.3 Å². The molecular weight excluding hydrogens is 562 g/mol. The summed E-state index contributed by atoms with van der Waals surface area (Å²) < 4.78 is 33.5. The predicted molar refractivity (Wildman–Crippen MR) is 165 cm³/mol. The van der Waals surface area contributed by atoms with E-state index in [0.717, 1.165) is 30.9 Å². The predicted octanol–water partition coefficient (Wildman–Crippen LogP) is 6.22. The molecule has 1 saturated heterocycles. The van der Waals surface area contributed by atoms with E-state index >= 15 is 0 Å². The lowest BCUT2D eigenvalue weighted by atomic mass is 9.87. The van der Waals surface area contributed by atoms with Crippen LogP contribution in [0.25, 0.3) is 0 Å². The van der Waals surface area contributed by atoms with Crippen molar-refractivity contribution in [1.29, 1.82) is 0 Å². The Morgan fingerprint density at radius 3 is 2.49 bits per heavy atom. The Bertz CT molecular complexity index is 1490. The lowest BCUT2D eigenvalue weighted by molar-refractivity contribution is 0.167. The van der Waals surface area contributed by atoms with Crippen LogP contribution < -0.4 is 15.4 Å². The minimum atomic E-state index is -3.64. The quantitative estimate of drug-likeness (QED) is 0.279. The normalized spacial score (nSPS) is 16.5. The fourth-order valence-electron chi connectivity index (χ4n) is 5.07. The van der Waals surface area contributed by atoms with Crippen molar-refractivity contribution in [2.45, 2.75) is 89.6 Å². The van der Waals surface area contributed by atoms with Gasteiger partial charge in [-0.15, -0.1) is 0 Å². The maximum atomic E-state index is 12.9. The van der Waals surface area contributed by atoms with Gasteiger partial charge in [-0.05, 0) is 97.0 Å². The number of aryl methyl sites for hydroxylation is 2. The molecule has 1 fully saturated rings. The molecule has 4 rings (SSSR count). The molecule has 224 valence electrons. The second-order valence-corrected chi connectivity index (χ2v) is 14.4. The highest BCUT2D eigenvalue weighted by Gasteiger charge is 2.28.